The predicted molar refractivity (Wildman–Crippen MR) is 107 cm³/mol. The Morgan fingerprint density at radius 2 is 1.31 bits per heavy atom. The Labute approximate surface area is 167 Å². The predicted octanol–water partition coefficient (Wildman–Crippen LogP) is 3.47. The number of benzene rings is 2. The Morgan fingerprint density at radius 3 is 1.97 bits per heavy atom. The smallest absolute Gasteiger partial charge is 0.231 e. The van der Waals surface area contributed by atoms with Crippen LogP contribution in [0.15, 0.2) is 42.5 Å². The van der Waals surface area contributed by atoms with Gasteiger partial charge in [-0.05, 0) is 42.3 Å². The van der Waals surface area contributed by atoms with Gasteiger partial charge in [0.1, 0.15) is 5.82 Å². The van der Waals surface area contributed by atoms with Gasteiger partial charge in [0.2, 0.25) is 19.5 Å². The van der Waals surface area contributed by atoms with E-state index < -0.39 is 0 Å². The number of ether oxygens (including phenoxy) is 4. The third kappa shape index (κ3) is 3.82. The van der Waals surface area contributed by atoms with Crippen LogP contribution in [-0.4, -0.2) is 23.6 Å². The van der Waals surface area contributed by atoms with E-state index in [0.717, 1.165) is 45.6 Å². The zero-order valence-corrected chi connectivity index (χ0v) is 15.9. The molecule has 0 spiro atoms. The summed E-state index contributed by atoms with van der Waals surface area (Å²) in [5.41, 5.74) is 3.02. The molecule has 29 heavy (non-hydrogen) atoms. The number of nitrogens with zero attached hydrogens (tertiary/aromatic N) is 2. The second-order valence-corrected chi connectivity index (χ2v) is 6.80. The maximum absolute atomic E-state index is 5.43. The van der Waals surface area contributed by atoms with Crippen LogP contribution < -0.4 is 29.6 Å². The van der Waals surface area contributed by atoms with Crippen molar-refractivity contribution in [3.63, 3.8) is 0 Å². The molecule has 0 atom stereocenters. The average Bonchev–Trinajstić information content (AvgIpc) is 3.38. The number of hydrogen-bond donors (Lipinski definition) is 2. The number of anilines is 2. The summed E-state index contributed by atoms with van der Waals surface area (Å²) in [5, 5.41) is 6.61. The summed E-state index contributed by atoms with van der Waals surface area (Å²) in [4.78, 5) is 9.03. The van der Waals surface area contributed by atoms with E-state index in [4.69, 9.17) is 18.9 Å². The molecule has 2 aliphatic heterocycles. The van der Waals surface area contributed by atoms with Gasteiger partial charge >= 0.3 is 0 Å². The second kappa shape index (κ2) is 7.38. The number of aromatic nitrogens is 2. The summed E-state index contributed by atoms with van der Waals surface area (Å²) >= 11 is 0. The van der Waals surface area contributed by atoms with Crippen LogP contribution in [0.1, 0.15) is 16.8 Å². The van der Waals surface area contributed by atoms with Gasteiger partial charge in [0.05, 0.1) is 0 Å². The fraction of sp³-hybridized carbons (Fsp3) is 0.238. The number of rotatable bonds is 6. The molecule has 8 nitrogen and oxygen atoms in total. The molecule has 0 saturated heterocycles. The summed E-state index contributed by atoms with van der Waals surface area (Å²) in [6.07, 6.45) is 0. The molecule has 0 amide bonds. The highest BCUT2D eigenvalue weighted by molar-refractivity contribution is 5.48. The second-order valence-electron chi connectivity index (χ2n) is 6.80. The molecule has 1 aromatic heterocycles. The fourth-order valence-electron chi connectivity index (χ4n) is 3.21. The SMILES string of the molecule is Cc1cc(NCc2ccc3c(c2)OCO3)nc(NCc2ccc3c(c2)OCO3)n1. The molecule has 2 aromatic carbocycles. The number of nitrogens with one attached hydrogen (secondary N) is 2. The monoisotopic (exact) mass is 392 g/mol. The Kier molecular flexibility index (Phi) is 4.44. The lowest BCUT2D eigenvalue weighted by Gasteiger charge is -2.11. The molecule has 148 valence electrons. The van der Waals surface area contributed by atoms with Gasteiger partial charge in [-0.25, -0.2) is 4.98 Å². The van der Waals surface area contributed by atoms with Crippen LogP contribution in [0.3, 0.4) is 0 Å². The third-order valence-electron chi connectivity index (χ3n) is 4.65. The Morgan fingerprint density at radius 1 is 0.724 bits per heavy atom. The highest BCUT2D eigenvalue weighted by Crippen LogP contribution is 2.33. The zero-order chi connectivity index (χ0) is 19.6. The molecule has 0 bridgehead atoms. The summed E-state index contributed by atoms with van der Waals surface area (Å²) in [6, 6.07) is 13.7. The van der Waals surface area contributed by atoms with Crippen molar-refractivity contribution in [2.45, 2.75) is 20.0 Å². The minimum Gasteiger partial charge on any atom is -0.454 e. The van der Waals surface area contributed by atoms with Gasteiger partial charge in [-0.3, -0.25) is 0 Å². The first kappa shape index (κ1) is 17.4. The van der Waals surface area contributed by atoms with Gasteiger partial charge in [-0.15, -0.1) is 0 Å². The van der Waals surface area contributed by atoms with Crippen molar-refractivity contribution in [3.8, 4) is 23.0 Å². The van der Waals surface area contributed by atoms with Crippen LogP contribution in [-0.2, 0) is 13.1 Å². The van der Waals surface area contributed by atoms with Gasteiger partial charge in [-0.1, -0.05) is 12.1 Å². The molecule has 0 aliphatic carbocycles. The summed E-state index contributed by atoms with van der Waals surface area (Å²) < 4.78 is 21.5. The summed E-state index contributed by atoms with van der Waals surface area (Å²) in [6.45, 7) is 3.69. The molecule has 0 saturated carbocycles. The molecule has 3 aromatic rings. The lowest BCUT2D eigenvalue weighted by molar-refractivity contribution is 0.173. The number of fused-ring (bicyclic) bond motifs is 2. The molecule has 2 aliphatic rings. The van der Waals surface area contributed by atoms with E-state index in [1.165, 1.54) is 0 Å². The van der Waals surface area contributed by atoms with Crippen LogP contribution in [0.25, 0.3) is 0 Å². The lowest BCUT2D eigenvalue weighted by atomic mass is 10.2. The van der Waals surface area contributed by atoms with Crippen molar-refractivity contribution in [1.82, 2.24) is 9.97 Å². The third-order valence-corrected chi connectivity index (χ3v) is 4.65. The van der Waals surface area contributed by atoms with Crippen molar-refractivity contribution in [2.24, 2.45) is 0 Å². The molecular weight excluding hydrogens is 372 g/mol. The maximum atomic E-state index is 5.43. The normalized spacial score (nSPS) is 13.4. The van der Waals surface area contributed by atoms with Crippen LogP contribution >= 0.6 is 0 Å². The lowest BCUT2D eigenvalue weighted by Crippen LogP contribution is -2.08. The molecular formula is C21H20N4O4. The standard InChI is InChI=1S/C21H20N4O4/c1-13-6-20(22-9-14-2-4-16-18(7-14)28-11-26-16)25-21(24-13)23-10-15-3-5-17-19(8-15)29-12-27-17/h2-8H,9-12H2,1H3,(H2,22,23,24,25). The van der Waals surface area contributed by atoms with E-state index >= 15 is 0 Å². The molecule has 0 radical (unpaired) electrons. The largest absolute Gasteiger partial charge is 0.454 e. The Hall–Kier alpha value is -3.68. The molecule has 0 unspecified atom stereocenters. The molecule has 3 heterocycles. The first-order valence-electron chi connectivity index (χ1n) is 9.33. The first-order valence-corrected chi connectivity index (χ1v) is 9.33. The highest BCUT2D eigenvalue weighted by atomic mass is 16.7. The van der Waals surface area contributed by atoms with Gasteiger partial charge in [0, 0.05) is 24.8 Å². The van der Waals surface area contributed by atoms with Crippen molar-refractivity contribution >= 4 is 11.8 Å². The molecule has 8 heteroatoms. The van der Waals surface area contributed by atoms with Crippen molar-refractivity contribution in [2.75, 3.05) is 24.2 Å². The van der Waals surface area contributed by atoms with Crippen LogP contribution in [0.5, 0.6) is 23.0 Å². The molecule has 5 rings (SSSR count). The summed E-state index contributed by atoms with van der Waals surface area (Å²) in [5.74, 6) is 4.41. The van der Waals surface area contributed by atoms with E-state index in [1.54, 1.807) is 0 Å². The highest BCUT2D eigenvalue weighted by Gasteiger charge is 2.14. The molecule has 0 fully saturated rings. The number of hydrogen-bond acceptors (Lipinski definition) is 8. The van der Waals surface area contributed by atoms with Crippen LogP contribution in [0.2, 0.25) is 0 Å². The van der Waals surface area contributed by atoms with E-state index in [0.29, 0.717) is 19.0 Å². The minimum atomic E-state index is 0.269. The van der Waals surface area contributed by atoms with Crippen molar-refractivity contribution in [3.05, 3.63) is 59.3 Å². The van der Waals surface area contributed by atoms with Crippen molar-refractivity contribution in [1.29, 1.82) is 0 Å². The quantitative estimate of drug-likeness (QED) is 0.660. The fourth-order valence-corrected chi connectivity index (χ4v) is 3.21. The molecule has 2 N–H and O–H groups in total. The van der Waals surface area contributed by atoms with Gasteiger partial charge < -0.3 is 29.6 Å². The minimum absolute atomic E-state index is 0.269. The van der Waals surface area contributed by atoms with Gasteiger partial charge in [0.15, 0.2) is 23.0 Å². The average molecular weight is 392 g/mol. The van der Waals surface area contributed by atoms with Crippen molar-refractivity contribution < 1.29 is 18.9 Å². The van der Waals surface area contributed by atoms with Crippen LogP contribution in [0.4, 0.5) is 11.8 Å². The van der Waals surface area contributed by atoms with Crippen LogP contribution in [0, 0.1) is 6.92 Å². The Bertz CT molecular complexity index is 977. The first-order chi connectivity index (χ1) is 14.2. The van der Waals surface area contributed by atoms with E-state index in [-0.39, 0.29) is 13.6 Å². The van der Waals surface area contributed by atoms with E-state index in [1.807, 2.05) is 49.4 Å². The topological polar surface area (TPSA) is 86.8 Å². The zero-order valence-electron chi connectivity index (χ0n) is 15.9. The van der Waals surface area contributed by atoms with Gasteiger partial charge in [-0.2, -0.15) is 4.98 Å². The maximum Gasteiger partial charge on any atom is 0.231 e. The number of aryl methyl sites for hydroxylation is 1. The summed E-state index contributed by atoms with van der Waals surface area (Å²) in [7, 11) is 0. The van der Waals surface area contributed by atoms with E-state index in [2.05, 4.69) is 20.6 Å². The van der Waals surface area contributed by atoms with E-state index in [9.17, 15) is 0 Å². The Balaban J connectivity index is 1.24. The van der Waals surface area contributed by atoms with Gasteiger partial charge in [0.25, 0.3) is 0 Å².